The Morgan fingerprint density at radius 3 is 2.79 bits per heavy atom. The number of hydrogen-bond donors (Lipinski definition) is 1. The molecule has 1 heterocycles. The zero-order valence-electron chi connectivity index (χ0n) is 7.50. The van der Waals surface area contributed by atoms with Crippen molar-refractivity contribution in [3.05, 3.63) is 43.8 Å². The number of rotatable bonds is 1. The lowest BCUT2D eigenvalue weighted by Crippen LogP contribution is -1.92. The lowest BCUT2D eigenvalue weighted by atomic mass is 10.1. The summed E-state index contributed by atoms with van der Waals surface area (Å²) >= 11 is 7.14. The number of hydrogen-bond acceptors (Lipinski definition) is 2. The molecule has 0 fully saturated rings. The second kappa shape index (κ2) is 3.59. The van der Waals surface area contributed by atoms with Crippen LogP contribution in [0.15, 0.2) is 28.4 Å². The van der Waals surface area contributed by atoms with E-state index in [0.717, 1.165) is 33.2 Å². The summed E-state index contributed by atoms with van der Waals surface area (Å²) in [5.41, 5.74) is 2.80. The Bertz CT molecular complexity index is 515. The maximum absolute atomic E-state index is 10.9. The van der Waals surface area contributed by atoms with Crippen molar-refractivity contribution in [2.45, 2.75) is 6.92 Å². The molecule has 4 heteroatoms. The number of halogens is 1. The van der Waals surface area contributed by atoms with Crippen molar-refractivity contribution in [2.24, 2.45) is 0 Å². The van der Waals surface area contributed by atoms with Crippen LogP contribution in [0.1, 0.15) is 5.56 Å². The van der Waals surface area contributed by atoms with Gasteiger partial charge in [-0.15, -0.1) is 0 Å². The Morgan fingerprint density at radius 1 is 1.43 bits per heavy atom. The number of thiazole rings is 1. The van der Waals surface area contributed by atoms with Gasteiger partial charge in [-0.2, -0.15) is 0 Å². The summed E-state index contributed by atoms with van der Waals surface area (Å²) < 4.78 is 0. The monoisotopic (exact) mass is 225 g/mol. The first kappa shape index (κ1) is 9.49. The van der Waals surface area contributed by atoms with Gasteiger partial charge in [-0.1, -0.05) is 35.1 Å². The highest BCUT2D eigenvalue weighted by Gasteiger charge is 2.02. The van der Waals surface area contributed by atoms with Gasteiger partial charge in [0.05, 0.1) is 5.69 Å². The van der Waals surface area contributed by atoms with Crippen molar-refractivity contribution < 1.29 is 0 Å². The largest absolute Gasteiger partial charge is 0.312 e. The SMILES string of the molecule is Cc1ccc(-c2csc(=O)[nH]2)cc1Cl. The molecule has 0 amide bonds. The summed E-state index contributed by atoms with van der Waals surface area (Å²) in [6.45, 7) is 1.95. The second-order valence-corrected chi connectivity index (χ2v) is 4.28. The molecule has 0 spiro atoms. The lowest BCUT2D eigenvalue weighted by molar-refractivity contribution is 1.33. The summed E-state index contributed by atoms with van der Waals surface area (Å²) in [5.74, 6) is 0. The first-order chi connectivity index (χ1) is 6.66. The van der Waals surface area contributed by atoms with E-state index in [1.54, 1.807) is 5.38 Å². The van der Waals surface area contributed by atoms with Gasteiger partial charge < -0.3 is 4.98 Å². The number of aryl methyl sites for hydroxylation is 1. The molecule has 1 N–H and O–H groups in total. The molecule has 14 heavy (non-hydrogen) atoms. The molecule has 0 unspecified atom stereocenters. The van der Waals surface area contributed by atoms with Crippen molar-refractivity contribution in [1.82, 2.24) is 4.98 Å². The quantitative estimate of drug-likeness (QED) is 0.795. The first-order valence-corrected chi connectivity index (χ1v) is 5.37. The van der Waals surface area contributed by atoms with Crippen LogP contribution in [0.25, 0.3) is 11.3 Å². The number of benzene rings is 1. The molecule has 1 aromatic carbocycles. The van der Waals surface area contributed by atoms with Crippen LogP contribution >= 0.6 is 22.9 Å². The standard InChI is InChI=1S/C10H8ClNOS/c1-6-2-3-7(4-8(6)11)9-5-14-10(13)12-9/h2-5H,1H3,(H,12,13). The van der Waals surface area contributed by atoms with Gasteiger partial charge in [0.2, 0.25) is 0 Å². The molecule has 0 atom stereocenters. The van der Waals surface area contributed by atoms with E-state index < -0.39 is 0 Å². The Morgan fingerprint density at radius 2 is 2.21 bits per heavy atom. The maximum Gasteiger partial charge on any atom is 0.304 e. The van der Waals surface area contributed by atoms with Gasteiger partial charge >= 0.3 is 4.87 Å². The molecule has 72 valence electrons. The van der Waals surface area contributed by atoms with Gasteiger partial charge in [0.25, 0.3) is 0 Å². The van der Waals surface area contributed by atoms with E-state index in [1.807, 2.05) is 25.1 Å². The molecule has 0 aliphatic carbocycles. The van der Waals surface area contributed by atoms with Crippen LogP contribution < -0.4 is 4.87 Å². The van der Waals surface area contributed by atoms with Crippen molar-refractivity contribution in [2.75, 3.05) is 0 Å². The summed E-state index contributed by atoms with van der Waals surface area (Å²) in [6, 6.07) is 5.74. The highest BCUT2D eigenvalue weighted by atomic mass is 35.5. The topological polar surface area (TPSA) is 32.9 Å². The van der Waals surface area contributed by atoms with Crippen molar-refractivity contribution in [3.63, 3.8) is 0 Å². The summed E-state index contributed by atoms with van der Waals surface area (Å²) in [4.78, 5) is 13.6. The zero-order chi connectivity index (χ0) is 10.1. The number of aromatic amines is 1. The van der Waals surface area contributed by atoms with Gasteiger partial charge in [0, 0.05) is 16.0 Å². The molecule has 2 aromatic rings. The van der Waals surface area contributed by atoms with Gasteiger partial charge in [0.1, 0.15) is 0 Å². The molecule has 0 bridgehead atoms. The van der Waals surface area contributed by atoms with Gasteiger partial charge in [-0.3, -0.25) is 4.79 Å². The van der Waals surface area contributed by atoms with Crippen LogP contribution in [-0.2, 0) is 0 Å². The summed E-state index contributed by atoms with van der Waals surface area (Å²) in [6.07, 6.45) is 0. The fourth-order valence-electron chi connectivity index (χ4n) is 1.18. The van der Waals surface area contributed by atoms with Crippen LogP contribution in [0, 0.1) is 6.92 Å². The molecular weight excluding hydrogens is 218 g/mol. The molecule has 2 rings (SSSR count). The fraction of sp³-hybridized carbons (Fsp3) is 0.100. The fourth-order valence-corrected chi connectivity index (χ4v) is 1.95. The predicted octanol–water partition coefficient (Wildman–Crippen LogP) is 3.07. The van der Waals surface area contributed by atoms with Crippen molar-refractivity contribution in [3.8, 4) is 11.3 Å². The molecular formula is C10H8ClNOS. The zero-order valence-corrected chi connectivity index (χ0v) is 9.08. The van der Waals surface area contributed by atoms with E-state index in [0.29, 0.717) is 0 Å². The van der Waals surface area contributed by atoms with Crippen LogP contribution in [0.2, 0.25) is 5.02 Å². The van der Waals surface area contributed by atoms with E-state index in [2.05, 4.69) is 4.98 Å². The van der Waals surface area contributed by atoms with Gasteiger partial charge in [0.15, 0.2) is 0 Å². The maximum atomic E-state index is 10.9. The summed E-state index contributed by atoms with van der Waals surface area (Å²) in [5, 5.41) is 2.51. The van der Waals surface area contributed by atoms with E-state index in [1.165, 1.54) is 0 Å². The van der Waals surface area contributed by atoms with Gasteiger partial charge in [-0.05, 0) is 18.6 Å². The van der Waals surface area contributed by atoms with Crippen molar-refractivity contribution >= 4 is 22.9 Å². The average Bonchev–Trinajstić information content (AvgIpc) is 2.57. The third-order valence-electron chi connectivity index (χ3n) is 2.00. The Hall–Kier alpha value is -1.06. The number of nitrogens with one attached hydrogen (secondary N) is 1. The molecule has 0 radical (unpaired) electrons. The second-order valence-electron chi connectivity index (χ2n) is 3.03. The molecule has 0 aliphatic heterocycles. The normalized spacial score (nSPS) is 10.4. The predicted molar refractivity (Wildman–Crippen MR) is 60.1 cm³/mol. The molecule has 0 aliphatic rings. The number of H-pyrrole nitrogens is 1. The first-order valence-electron chi connectivity index (χ1n) is 4.11. The molecule has 0 saturated carbocycles. The minimum absolute atomic E-state index is 0.0447. The average molecular weight is 226 g/mol. The molecule has 1 aromatic heterocycles. The van der Waals surface area contributed by atoms with E-state index in [9.17, 15) is 4.79 Å². The minimum atomic E-state index is -0.0447. The highest BCUT2D eigenvalue weighted by molar-refractivity contribution is 7.07. The third kappa shape index (κ3) is 1.74. The third-order valence-corrected chi connectivity index (χ3v) is 3.08. The van der Waals surface area contributed by atoms with Crippen LogP contribution in [0.3, 0.4) is 0 Å². The van der Waals surface area contributed by atoms with E-state index in [4.69, 9.17) is 11.6 Å². The van der Waals surface area contributed by atoms with Crippen LogP contribution in [0.5, 0.6) is 0 Å². The Balaban J connectivity index is 2.52. The molecule has 0 saturated heterocycles. The molecule has 2 nitrogen and oxygen atoms in total. The van der Waals surface area contributed by atoms with Crippen LogP contribution in [0.4, 0.5) is 0 Å². The van der Waals surface area contributed by atoms with E-state index >= 15 is 0 Å². The summed E-state index contributed by atoms with van der Waals surface area (Å²) in [7, 11) is 0. The van der Waals surface area contributed by atoms with Gasteiger partial charge in [-0.25, -0.2) is 0 Å². The number of aromatic nitrogens is 1. The Labute approximate surface area is 90.2 Å². The minimum Gasteiger partial charge on any atom is -0.312 e. The smallest absolute Gasteiger partial charge is 0.304 e. The van der Waals surface area contributed by atoms with Crippen LogP contribution in [-0.4, -0.2) is 4.98 Å². The van der Waals surface area contributed by atoms with Crippen molar-refractivity contribution in [1.29, 1.82) is 0 Å². The lowest BCUT2D eigenvalue weighted by Gasteiger charge is -2.00. The van der Waals surface area contributed by atoms with E-state index in [-0.39, 0.29) is 4.87 Å². The Kier molecular flexibility index (Phi) is 2.44. The highest BCUT2D eigenvalue weighted by Crippen LogP contribution is 2.23.